The van der Waals surface area contributed by atoms with Gasteiger partial charge in [-0.1, -0.05) is 207 Å². The third kappa shape index (κ3) is 7.22. The van der Waals surface area contributed by atoms with Crippen molar-refractivity contribution < 1.29 is 4.57 Å². The summed E-state index contributed by atoms with van der Waals surface area (Å²) in [7, 11) is -2.37. The van der Waals surface area contributed by atoms with Crippen LogP contribution < -0.4 is 25.9 Å². The standard InChI is InChI=1S/C54H48NOPSi/c56-57(49-25-11-3-12-26-49,58(50-27-13-4-14-28-50)51-29-15-5-16-30-51)53-32-18-17-31-52(53)43-33-35-44(36-34-43)54(41-19-6-20-42-54)45-37-39-48(40-38-45)55(46-21-7-1-8-22-46)47-23-9-2-10-24-47/h1-5,7-18,21-40,58H,6,19-20,41-42H2. The summed E-state index contributed by atoms with van der Waals surface area (Å²) in [6.07, 6.45) is 5.92. The third-order valence-electron chi connectivity index (χ3n) is 12.2. The van der Waals surface area contributed by atoms with Gasteiger partial charge < -0.3 is 9.46 Å². The van der Waals surface area contributed by atoms with E-state index in [4.69, 9.17) is 0 Å². The topological polar surface area (TPSA) is 20.3 Å². The van der Waals surface area contributed by atoms with Crippen molar-refractivity contribution >= 4 is 53.2 Å². The lowest BCUT2D eigenvalue weighted by Gasteiger charge is -2.39. The van der Waals surface area contributed by atoms with E-state index in [2.05, 4.69) is 211 Å². The summed E-state index contributed by atoms with van der Waals surface area (Å²) in [5.41, 5.74) is 8.24. The summed E-state index contributed by atoms with van der Waals surface area (Å²) < 4.78 is 16.6. The normalized spacial score (nSPS) is 14.7. The van der Waals surface area contributed by atoms with Gasteiger partial charge in [0.25, 0.3) is 0 Å². The highest BCUT2D eigenvalue weighted by Gasteiger charge is 2.42. The van der Waals surface area contributed by atoms with Crippen LogP contribution in [0, 0.1) is 0 Å². The van der Waals surface area contributed by atoms with Gasteiger partial charge in [0.05, 0.1) is 0 Å². The maximum atomic E-state index is 16.6. The van der Waals surface area contributed by atoms with Crippen molar-refractivity contribution in [1.29, 1.82) is 0 Å². The van der Waals surface area contributed by atoms with Crippen LogP contribution in [0.1, 0.15) is 43.2 Å². The van der Waals surface area contributed by atoms with E-state index in [1.54, 1.807) is 0 Å². The van der Waals surface area contributed by atoms with Gasteiger partial charge >= 0.3 is 0 Å². The van der Waals surface area contributed by atoms with Gasteiger partial charge in [0.1, 0.15) is 6.69 Å². The van der Waals surface area contributed by atoms with Gasteiger partial charge in [0, 0.05) is 33.1 Å². The first-order valence-corrected chi connectivity index (χ1v) is 25.1. The lowest BCUT2D eigenvalue weighted by Crippen LogP contribution is -2.47. The van der Waals surface area contributed by atoms with Crippen LogP contribution in [-0.4, -0.2) is 8.46 Å². The van der Waals surface area contributed by atoms with Crippen LogP contribution in [0.15, 0.2) is 224 Å². The molecule has 0 aliphatic heterocycles. The van der Waals surface area contributed by atoms with E-state index < -0.39 is 15.2 Å². The first-order valence-electron chi connectivity index (χ1n) is 20.6. The summed E-state index contributed by atoms with van der Waals surface area (Å²) >= 11 is 0. The predicted octanol–water partition coefficient (Wildman–Crippen LogP) is 11.9. The number of benzene rings is 8. The molecule has 1 atom stereocenters. The molecule has 8 aromatic rings. The molecule has 0 amide bonds. The van der Waals surface area contributed by atoms with E-state index in [0.29, 0.717) is 0 Å². The molecule has 2 nitrogen and oxygen atoms in total. The molecular weight excluding hydrogens is 738 g/mol. The Morgan fingerprint density at radius 2 is 0.828 bits per heavy atom. The lowest BCUT2D eigenvalue weighted by molar-refractivity contribution is 0.346. The highest BCUT2D eigenvalue weighted by molar-refractivity contribution is 8.08. The number of hydrogen-bond acceptors (Lipinski definition) is 2. The van der Waals surface area contributed by atoms with E-state index in [1.165, 1.54) is 40.8 Å². The van der Waals surface area contributed by atoms with Crippen molar-refractivity contribution in [2.24, 2.45) is 0 Å². The van der Waals surface area contributed by atoms with Gasteiger partial charge in [-0.25, -0.2) is 0 Å². The van der Waals surface area contributed by atoms with Crippen molar-refractivity contribution in [3.05, 3.63) is 236 Å². The molecule has 0 radical (unpaired) electrons. The van der Waals surface area contributed by atoms with E-state index in [-0.39, 0.29) is 5.41 Å². The van der Waals surface area contributed by atoms with Crippen LogP contribution in [0.5, 0.6) is 0 Å². The Morgan fingerprint density at radius 3 is 1.34 bits per heavy atom. The summed E-state index contributed by atoms with van der Waals surface area (Å²) in [6.45, 7) is -3.20. The molecule has 1 aliphatic rings. The van der Waals surface area contributed by atoms with E-state index in [9.17, 15) is 0 Å². The van der Waals surface area contributed by atoms with Crippen LogP contribution in [-0.2, 0) is 9.98 Å². The molecule has 1 unspecified atom stereocenters. The molecule has 4 heteroatoms. The Balaban J connectivity index is 1.12. The quantitative estimate of drug-likeness (QED) is 0.0961. The summed E-state index contributed by atoms with van der Waals surface area (Å²) in [5, 5.41) is 4.24. The van der Waals surface area contributed by atoms with Gasteiger partial charge in [-0.3, -0.25) is 0 Å². The minimum Gasteiger partial charge on any atom is -0.318 e. The number of hydrogen-bond donors (Lipinski definition) is 0. The molecule has 1 saturated carbocycles. The Hall–Kier alpha value is -5.99. The summed E-state index contributed by atoms with van der Waals surface area (Å²) in [5.74, 6) is 0. The van der Waals surface area contributed by atoms with Gasteiger partial charge in [0.15, 0.2) is 8.46 Å². The molecule has 1 fully saturated rings. The van der Waals surface area contributed by atoms with E-state index in [0.717, 1.165) is 51.6 Å². The molecular formula is C54H48NOPSi. The molecule has 0 saturated heterocycles. The smallest absolute Gasteiger partial charge is 0.183 e. The maximum absolute atomic E-state index is 16.6. The molecule has 0 bridgehead atoms. The largest absolute Gasteiger partial charge is 0.318 e. The summed E-state index contributed by atoms with van der Waals surface area (Å²) in [6, 6.07) is 79.9. The minimum absolute atomic E-state index is 0.0723. The maximum Gasteiger partial charge on any atom is 0.183 e. The van der Waals surface area contributed by atoms with Gasteiger partial charge in [-0.05, 0) is 81.9 Å². The second-order valence-electron chi connectivity index (χ2n) is 15.5. The fourth-order valence-electron chi connectivity index (χ4n) is 9.37. The Morgan fingerprint density at radius 1 is 0.414 bits per heavy atom. The van der Waals surface area contributed by atoms with Crippen LogP contribution in [0.2, 0.25) is 0 Å². The van der Waals surface area contributed by atoms with Crippen LogP contribution in [0.25, 0.3) is 11.1 Å². The highest BCUT2D eigenvalue weighted by atomic mass is 31.4. The van der Waals surface area contributed by atoms with Crippen LogP contribution in [0.3, 0.4) is 0 Å². The molecule has 1 aliphatic carbocycles. The minimum atomic E-state index is -3.20. The van der Waals surface area contributed by atoms with E-state index >= 15 is 4.57 Å². The zero-order valence-electron chi connectivity index (χ0n) is 32.8. The molecule has 0 heterocycles. The van der Waals surface area contributed by atoms with Gasteiger partial charge in [0.2, 0.25) is 0 Å². The van der Waals surface area contributed by atoms with Crippen LogP contribution in [0.4, 0.5) is 17.1 Å². The SMILES string of the molecule is O=P(c1ccccc1)(c1ccccc1-c1ccc(C2(c3ccc(N(c4ccccc4)c4ccccc4)cc3)CCCCC2)cc1)[SiH](c1ccccc1)c1ccccc1. The van der Waals surface area contributed by atoms with Gasteiger partial charge in [-0.15, -0.1) is 0 Å². The lowest BCUT2D eigenvalue weighted by atomic mass is 9.65. The molecule has 0 spiro atoms. The first-order chi connectivity index (χ1) is 28.6. The number of anilines is 3. The predicted molar refractivity (Wildman–Crippen MR) is 249 cm³/mol. The number of nitrogens with zero attached hydrogens (tertiary/aromatic N) is 1. The zero-order chi connectivity index (χ0) is 39.2. The number of rotatable bonds is 11. The van der Waals surface area contributed by atoms with Crippen molar-refractivity contribution in [2.45, 2.75) is 37.5 Å². The van der Waals surface area contributed by atoms with Gasteiger partial charge in [-0.2, -0.15) is 0 Å². The Bertz CT molecular complexity index is 2510. The van der Waals surface area contributed by atoms with Crippen LogP contribution >= 0.6 is 6.69 Å². The Labute approximate surface area is 345 Å². The highest BCUT2D eigenvalue weighted by Crippen LogP contribution is 2.50. The van der Waals surface area contributed by atoms with E-state index in [1.807, 2.05) is 18.2 Å². The fourth-order valence-corrected chi connectivity index (χ4v) is 20.6. The average Bonchev–Trinajstić information content (AvgIpc) is 3.31. The number of para-hydroxylation sites is 2. The Kier molecular flexibility index (Phi) is 10.9. The summed E-state index contributed by atoms with van der Waals surface area (Å²) in [4.78, 5) is 2.33. The first kappa shape index (κ1) is 37.6. The molecule has 0 aromatic heterocycles. The second kappa shape index (κ2) is 16.8. The monoisotopic (exact) mass is 785 g/mol. The van der Waals surface area contributed by atoms with Crippen molar-refractivity contribution in [2.75, 3.05) is 4.90 Å². The average molecular weight is 786 g/mol. The zero-order valence-corrected chi connectivity index (χ0v) is 34.8. The van der Waals surface area contributed by atoms with Crippen molar-refractivity contribution in [3.8, 4) is 11.1 Å². The molecule has 284 valence electrons. The second-order valence-corrected chi connectivity index (χ2v) is 23.7. The fraction of sp³-hybridized carbons (Fsp3) is 0.111. The molecule has 9 rings (SSSR count). The third-order valence-corrected chi connectivity index (χ3v) is 22.8. The molecule has 0 N–H and O–H groups in total. The van der Waals surface area contributed by atoms with Crippen molar-refractivity contribution in [1.82, 2.24) is 0 Å². The van der Waals surface area contributed by atoms with Crippen molar-refractivity contribution in [3.63, 3.8) is 0 Å². The molecule has 58 heavy (non-hydrogen) atoms. The molecule has 8 aromatic carbocycles.